The highest BCUT2D eigenvalue weighted by molar-refractivity contribution is 6.30. The third kappa shape index (κ3) is 5.07. The molecule has 1 heterocycles. The van der Waals surface area contributed by atoms with Crippen LogP contribution in [0.15, 0.2) is 48.5 Å². The average molecular weight is 399 g/mol. The highest BCUT2D eigenvalue weighted by Crippen LogP contribution is 2.30. The van der Waals surface area contributed by atoms with E-state index in [1.54, 1.807) is 29.2 Å². The van der Waals surface area contributed by atoms with E-state index >= 15 is 0 Å². The van der Waals surface area contributed by atoms with Crippen molar-refractivity contribution in [2.75, 3.05) is 37.7 Å². The number of alkyl halides is 3. The van der Waals surface area contributed by atoms with Crippen LogP contribution < -0.4 is 9.64 Å². The molecule has 4 nitrogen and oxygen atoms in total. The van der Waals surface area contributed by atoms with E-state index in [0.717, 1.165) is 12.1 Å². The lowest BCUT2D eigenvalue weighted by Crippen LogP contribution is -2.50. The standard InChI is InChI=1S/C19H18ClF3N2O2/c20-15-3-7-17(8-4-15)27-13-18(26)25-11-9-24(10-12-25)16-5-1-14(2-6-16)19(21,22)23/h1-8H,9-13H2. The zero-order valence-electron chi connectivity index (χ0n) is 14.4. The van der Waals surface area contributed by atoms with Gasteiger partial charge in [0.25, 0.3) is 5.91 Å². The summed E-state index contributed by atoms with van der Waals surface area (Å²) in [5, 5.41) is 0.591. The van der Waals surface area contributed by atoms with Crippen molar-refractivity contribution in [3.8, 4) is 5.75 Å². The Morgan fingerprint density at radius 2 is 1.56 bits per heavy atom. The van der Waals surface area contributed by atoms with Crippen molar-refractivity contribution in [1.82, 2.24) is 4.90 Å². The Labute approximate surface area is 160 Å². The maximum absolute atomic E-state index is 12.6. The summed E-state index contributed by atoms with van der Waals surface area (Å²) < 4.78 is 43.4. The Kier molecular flexibility index (Phi) is 5.79. The van der Waals surface area contributed by atoms with Gasteiger partial charge in [0.1, 0.15) is 5.75 Å². The molecule has 0 aromatic heterocycles. The average Bonchev–Trinajstić information content (AvgIpc) is 2.67. The third-order valence-corrected chi connectivity index (χ3v) is 4.62. The molecule has 2 aromatic rings. The van der Waals surface area contributed by atoms with Gasteiger partial charge < -0.3 is 14.5 Å². The number of halogens is 4. The van der Waals surface area contributed by atoms with Crippen molar-refractivity contribution >= 4 is 23.2 Å². The largest absolute Gasteiger partial charge is 0.484 e. The van der Waals surface area contributed by atoms with Crippen molar-refractivity contribution in [3.05, 3.63) is 59.1 Å². The summed E-state index contributed by atoms with van der Waals surface area (Å²) in [7, 11) is 0. The number of carbonyl (C=O) groups excluding carboxylic acids is 1. The quantitative estimate of drug-likeness (QED) is 0.777. The number of amides is 1. The van der Waals surface area contributed by atoms with Gasteiger partial charge in [-0.2, -0.15) is 13.2 Å². The summed E-state index contributed by atoms with van der Waals surface area (Å²) in [6, 6.07) is 11.8. The number of piperazine rings is 1. The summed E-state index contributed by atoms with van der Waals surface area (Å²) in [6.07, 6.45) is -4.34. The number of hydrogen-bond donors (Lipinski definition) is 0. The minimum Gasteiger partial charge on any atom is -0.484 e. The molecular weight excluding hydrogens is 381 g/mol. The van der Waals surface area contributed by atoms with Crippen LogP contribution >= 0.6 is 11.6 Å². The van der Waals surface area contributed by atoms with Crippen LogP contribution in [-0.2, 0) is 11.0 Å². The molecule has 0 unspecified atom stereocenters. The van der Waals surface area contributed by atoms with Gasteiger partial charge in [0.15, 0.2) is 6.61 Å². The second-order valence-electron chi connectivity index (χ2n) is 6.16. The number of hydrogen-bond acceptors (Lipinski definition) is 3. The Morgan fingerprint density at radius 3 is 2.11 bits per heavy atom. The van der Waals surface area contributed by atoms with E-state index < -0.39 is 11.7 Å². The van der Waals surface area contributed by atoms with Crippen LogP contribution in [0.25, 0.3) is 0 Å². The molecular formula is C19H18ClF3N2O2. The van der Waals surface area contributed by atoms with Crippen molar-refractivity contribution in [2.24, 2.45) is 0 Å². The number of rotatable bonds is 4. The summed E-state index contributed by atoms with van der Waals surface area (Å²) in [5.74, 6) is 0.438. The predicted molar refractivity (Wildman–Crippen MR) is 97.2 cm³/mol. The van der Waals surface area contributed by atoms with Crippen LogP contribution in [-0.4, -0.2) is 43.6 Å². The highest BCUT2D eigenvalue weighted by Gasteiger charge is 2.30. The molecule has 27 heavy (non-hydrogen) atoms. The molecule has 1 amide bonds. The van der Waals surface area contributed by atoms with E-state index in [-0.39, 0.29) is 12.5 Å². The number of nitrogens with zero attached hydrogens (tertiary/aromatic N) is 2. The fourth-order valence-electron chi connectivity index (χ4n) is 2.84. The lowest BCUT2D eigenvalue weighted by molar-refractivity contribution is -0.137. The molecule has 0 radical (unpaired) electrons. The number of carbonyl (C=O) groups is 1. The zero-order chi connectivity index (χ0) is 19.4. The van der Waals surface area contributed by atoms with E-state index in [1.807, 2.05) is 4.90 Å². The lowest BCUT2D eigenvalue weighted by atomic mass is 10.1. The molecule has 0 spiro atoms. The Balaban J connectivity index is 1.49. The Hall–Kier alpha value is -2.41. The summed E-state index contributed by atoms with van der Waals surface area (Å²) in [4.78, 5) is 15.9. The van der Waals surface area contributed by atoms with Crippen molar-refractivity contribution in [3.63, 3.8) is 0 Å². The van der Waals surface area contributed by atoms with E-state index in [0.29, 0.717) is 42.6 Å². The van der Waals surface area contributed by atoms with Crippen LogP contribution in [0.4, 0.5) is 18.9 Å². The monoisotopic (exact) mass is 398 g/mol. The van der Waals surface area contributed by atoms with Gasteiger partial charge in [0.2, 0.25) is 0 Å². The van der Waals surface area contributed by atoms with E-state index in [2.05, 4.69) is 0 Å². The first-order chi connectivity index (χ1) is 12.8. The summed E-state index contributed by atoms with van der Waals surface area (Å²) >= 11 is 5.80. The van der Waals surface area contributed by atoms with Crippen LogP contribution in [0.2, 0.25) is 5.02 Å². The Morgan fingerprint density at radius 1 is 0.963 bits per heavy atom. The van der Waals surface area contributed by atoms with Gasteiger partial charge in [-0.25, -0.2) is 0 Å². The molecule has 8 heteroatoms. The molecule has 0 saturated carbocycles. The SMILES string of the molecule is O=C(COc1ccc(Cl)cc1)N1CCN(c2ccc(C(F)(F)F)cc2)CC1. The zero-order valence-corrected chi connectivity index (χ0v) is 15.1. The predicted octanol–water partition coefficient (Wildman–Crippen LogP) is 4.09. The number of anilines is 1. The van der Waals surface area contributed by atoms with E-state index in [4.69, 9.17) is 16.3 Å². The molecule has 1 saturated heterocycles. The second-order valence-corrected chi connectivity index (χ2v) is 6.59. The van der Waals surface area contributed by atoms with Gasteiger partial charge in [-0.3, -0.25) is 4.79 Å². The maximum atomic E-state index is 12.6. The van der Waals surface area contributed by atoms with Gasteiger partial charge >= 0.3 is 6.18 Å². The van der Waals surface area contributed by atoms with E-state index in [1.165, 1.54) is 12.1 Å². The molecule has 1 aliphatic rings. The lowest BCUT2D eigenvalue weighted by Gasteiger charge is -2.36. The smallest absolute Gasteiger partial charge is 0.416 e. The normalized spacial score (nSPS) is 15.0. The molecule has 0 aliphatic carbocycles. The van der Waals surface area contributed by atoms with Gasteiger partial charge in [0.05, 0.1) is 5.56 Å². The van der Waals surface area contributed by atoms with Crippen molar-refractivity contribution in [1.29, 1.82) is 0 Å². The molecule has 2 aromatic carbocycles. The van der Waals surface area contributed by atoms with Crippen LogP contribution in [0.5, 0.6) is 5.75 Å². The van der Waals surface area contributed by atoms with Crippen molar-refractivity contribution < 1.29 is 22.7 Å². The molecule has 144 valence electrons. The van der Waals surface area contributed by atoms with Crippen molar-refractivity contribution in [2.45, 2.75) is 6.18 Å². The molecule has 3 rings (SSSR count). The van der Waals surface area contributed by atoms with Gasteiger partial charge in [-0.15, -0.1) is 0 Å². The summed E-state index contributed by atoms with van der Waals surface area (Å²) in [5.41, 5.74) is 0.0481. The molecule has 0 atom stereocenters. The minimum absolute atomic E-state index is 0.0675. The first kappa shape index (κ1) is 19.4. The van der Waals surface area contributed by atoms with Crippen LogP contribution in [0.3, 0.4) is 0 Å². The number of benzene rings is 2. The van der Waals surface area contributed by atoms with Crippen LogP contribution in [0, 0.1) is 0 Å². The first-order valence-electron chi connectivity index (χ1n) is 8.41. The maximum Gasteiger partial charge on any atom is 0.416 e. The number of ether oxygens (including phenoxy) is 1. The highest BCUT2D eigenvalue weighted by atomic mass is 35.5. The van der Waals surface area contributed by atoms with Crippen LogP contribution in [0.1, 0.15) is 5.56 Å². The Bertz CT molecular complexity index is 771. The van der Waals surface area contributed by atoms with Gasteiger partial charge in [-0.1, -0.05) is 11.6 Å². The second kappa shape index (κ2) is 8.08. The summed E-state index contributed by atoms with van der Waals surface area (Å²) in [6.45, 7) is 2.02. The van der Waals surface area contributed by atoms with Gasteiger partial charge in [-0.05, 0) is 48.5 Å². The first-order valence-corrected chi connectivity index (χ1v) is 8.79. The minimum atomic E-state index is -4.34. The molecule has 0 bridgehead atoms. The molecule has 1 fully saturated rings. The van der Waals surface area contributed by atoms with E-state index in [9.17, 15) is 18.0 Å². The molecule has 1 aliphatic heterocycles. The van der Waals surface area contributed by atoms with Gasteiger partial charge in [0, 0.05) is 36.9 Å². The fraction of sp³-hybridized carbons (Fsp3) is 0.316. The topological polar surface area (TPSA) is 32.8 Å². The third-order valence-electron chi connectivity index (χ3n) is 4.37. The fourth-order valence-corrected chi connectivity index (χ4v) is 2.97. The molecule has 0 N–H and O–H groups in total.